The quantitative estimate of drug-likeness (QED) is 0.926. The lowest BCUT2D eigenvalue weighted by molar-refractivity contribution is 0.0576. The summed E-state index contributed by atoms with van der Waals surface area (Å²) < 4.78 is 0.990. The van der Waals surface area contributed by atoms with E-state index in [1.165, 1.54) is 0 Å². The summed E-state index contributed by atoms with van der Waals surface area (Å²) in [5, 5.41) is 11.1. The van der Waals surface area contributed by atoms with Crippen LogP contribution in [0.1, 0.15) is 18.1 Å². The number of aliphatic hydroxyl groups is 1. The molecule has 1 aromatic carbocycles. The molecule has 1 heterocycles. The lowest BCUT2D eigenvalue weighted by Crippen LogP contribution is -2.24. The fourth-order valence-electron chi connectivity index (χ4n) is 1.83. The molecule has 0 aliphatic rings. The van der Waals surface area contributed by atoms with E-state index < -0.39 is 5.60 Å². The van der Waals surface area contributed by atoms with E-state index in [9.17, 15) is 5.11 Å². The molecular formula is C14H13BrClNO. The molecule has 94 valence electrons. The maximum atomic E-state index is 10.6. The van der Waals surface area contributed by atoms with Crippen molar-refractivity contribution in [1.82, 2.24) is 4.98 Å². The van der Waals surface area contributed by atoms with Crippen molar-refractivity contribution < 1.29 is 5.11 Å². The largest absolute Gasteiger partial charge is 0.385 e. The van der Waals surface area contributed by atoms with Gasteiger partial charge in [-0.15, -0.1) is 0 Å². The van der Waals surface area contributed by atoms with Crippen molar-refractivity contribution in [2.45, 2.75) is 18.9 Å². The van der Waals surface area contributed by atoms with Crippen LogP contribution in [0.5, 0.6) is 0 Å². The molecule has 0 aliphatic carbocycles. The van der Waals surface area contributed by atoms with Crippen LogP contribution in [0.2, 0.25) is 5.02 Å². The minimum absolute atomic E-state index is 0.454. The number of halogens is 2. The predicted octanol–water partition coefficient (Wildman–Crippen LogP) is 3.95. The molecule has 1 atom stereocenters. The molecule has 0 spiro atoms. The summed E-state index contributed by atoms with van der Waals surface area (Å²) in [6.45, 7) is 1.78. The van der Waals surface area contributed by atoms with E-state index in [1.807, 2.05) is 30.3 Å². The fourth-order valence-corrected chi connectivity index (χ4v) is 2.28. The minimum Gasteiger partial charge on any atom is -0.385 e. The molecule has 1 N–H and O–H groups in total. The summed E-state index contributed by atoms with van der Waals surface area (Å²) in [5.74, 6) is 0. The third-order valence-electron chi connectivity index (χ3n) is 2.86. The van der Waals surface area contributed by atoms with Crippen molar-refractivity contribution in [3.05, 3.63) is 63.3 Å². The van der Waals surface area contributed by atoms with E-state index in [0.717, 1.165) is 15.6 Å². The second-order valence-electron chi connectivity index (χ2n) is 4.42. The normalized spacial score (nSPS) is 14.2. The SMILES string of the molecule is CC(O)(Cc1ccncc1Cl)c1ccc(Br)cc1. The van der Waals surface area contributed by atoms with Crippen LogP contribution in [0, 0.1) is 0 Å². The predicted molar refractivity (Wildman–Crippen MR) is 76.7 cm³/mol. The van der Waals surface area contributed by atoms with Crippen molar-refractivity contribution in [2.75, 3.05) is 0 Å². The first kappa shape index (κ1) is 13.5. The van der Waals surface area contributed by atoms with Gasteiger partial charge in [-0.1, -0.05) is 39.7 Å². The van der Waals surface area contributed by atoms with E-state index in [4.69, 9.17) is 11.6 Å². The highest BCUT2D eigenvalue weighted by atomic mass is 79.9. The number of pyridine rings is 1. The van der Waals surface area contributed by atoms with Gasteiger partial charge in [0.05, 0.1) is 10.6 Å². The first-order valence-electron chi connectivity index (χ1n) is 5.56. The fraction of sp³-hybridized carbons (Fsp3) is 0.214. The molecule has 18 heavy (non-hydrogen) atoms. The van der Waals surface area contributed by atoms with Gasteiger partial charge in [0.25, 0.3) is 0 Å². The van der Waals surface area contributed by atoms with Crippen LogP contribution in [0.3, 0.4) is 0 Å². The number of rotatable bonds is 3. The standard InChI is InChI=1S/C14H13BrClNO/c1-14(18,11-2-4-12(15)5-3-11)8-10-6-7-17-9-13(10)16/h2-7,9,18H,8H2,1H3. The first-order valence-corrected chi connectivity index (χ1v) is 6.73. The van der Waals surface area contributed by atoms with Crippen LogP contribution in [0.15, 0.2) is 47.2 Å². The number of aromatic nitrogens is 1. The highest BCUT2D eigenvalue weighted by Crippen LogP contribution is 2.28. The number of nitrogens with zero attached hydrogens (tertiary/aromatic N) is 1. The summed E-state index contributed by atoms with van der Waals surface area (Å²) in [6, 6.07) is 9.46. The molecule has 2 rings (SSSR count). The van der Waals surface area contributed by atoms with Crippen LogP contribution in [0.25, 0.3) is 0 Å². The monoisotopic (exact) mass is 325 g/mol. The van der Waals surface area contributed by atoms with E-state index in [0.29, 0.717) is 11.4 Å². The first-order chi connectivity index (χ1) is 8.49. The highest BCUT2D eigenvalue weighted by molar-refractivity contribution is 9.10. The molecule has 0 aliphatic heterocycles. The average Bonchev–Trinajstić information content (AvgIpc) is 2.32. The number of benzene rings is 1. The Balaban J connectivity index is 2.27. The van der Waals surface area contributed by atoms with Gasteiger partial charge in [-0.05, 0) is 36.2 Å². The van der Waals surface area contributed by atoms with Crippen LogP contribution in [-0.2, 0) is 12.0 Å². The van der Waals surface area contributed by atoms with Gasteiger partial charge in [-0.2, -0.15) is 0 Å². The van der Waals surface area contributed by atoms with Crippen molar-refractivity contribution >= 4 is 27.5 Å². The summed E-state index contributed by atoms with van der Waals surface area (Å²) in [4.78, 5) is 3.94. The van der Waals surface area contributed by atoms with Gasteiger partial charge in [0.2, 0.25) is 0 Å². The second kappa shape index (κ2) is 5.39. The summed E-state index contributed by atoms with van der Waals surface area (Å²) in [6.07, 6.45) is 3.73. The Labute approximate surface area is 120 Å². The van der Waals surface area contributed by atoms with Gasteiger partial charge >= 0.3 is 0 Å². The molecule has 0 saturated carbocycles. The van der Waals surface area contributed by atoms with Crippen LogP contribution in [-0.4, -0.2) is 10.1 Å². The van der Waals surface area contributed by atoms with Crippen molar-refractivity contribution in [3.63, 3.8) is 0 Å². The maximum absolute atomic E-state index is 10.6. The molecule has 2 aromatic rings. The van der Waals surface area contributed by atoms with Gasteiger partial charge in [0, 0.05) is 23.3 Å². The topological polar surface area (TPSA) is 33.1 Å². The zero-order chi connectivity index (χ0) is 13.2. The molecule has 4 heteroatoms. The molecule has 0 radical (unpaired) electrons. The molecular weight excluding hydrogens is 314 g/mol. The van der Waals surface area contributed by atoms with Crippen LogP contribution in [0.4, 0.5) is 0 Å². The molecule has 1 unspecified atom stereocenters. The number of hydrogen-bond acceptors (Lipinski definition) is 2. The molecule has 2 nitrogen and oxygen atoms in total. The van der Waals surface area contributed by atoms with E-state index >= 15 is 0 Å². The van der Waals surface area contributed by atoms with E-state index in [-0.39, 0.29) is 0 Å². The highest BCUT2D eigenvalue weighted by Gasteiger charge is 2.24. The third-order valence-corrected chi connectivity index (χ3v) is 3.73. The van der Waals surface area contributed by atoms with Crippen molar-refractivity contribution in [2.24, 2.45) is 0 Å². The molecule has 0 fully saturated rings. The smallest absolute Gasteiger partial charge is 0.0909 e. The second-order valence-corrected chi connectivity index (χ2v) is 5.75. The minimum atomic E-state index is -0.953. The summed E-state index contributed by atoms with van der Waals surface area (Å²) in [5.41, 5.74) is 0.796. The van der Waals surface area contributed by atoms with Crippen LogP contribution < -0.4 is 0 Å². The Kier molecular flexibility index (Phi) is 4.05. The third kappa shape index (κ3) is 3.10. The summed E-state index contributed by atoms with van der Waals surface area (Å²) >= 11 is 9.44. The van der Waals surface area contributed by atoms with E-state index in [1.54, 1.807) is 19.3 Å². The Morgan fingerprint density at radius 1 is 1.28 bits per heavy atom. The van der Waals surface area contributed by atoms with Gasteiger partial charge in [-0.25, -0.2) is 0 Å². The van der Waals surface area contributed by atoms with Crippen LogP contribution >= 0.6 is 27.5 Å². The lowest BCUT2D eigenvalue weighted by atomic mass is 9.89. The molecule has 0 saturated heterocycles. The molecule has 0 amide bonds. The Bertz CT molecular complexity index is 540. The number of hydrogen-bond donors (Lipinski definition) is 1. The Morgan fingerprint density at radius 2 is 1.94 bits per heavy atom. The maximum Gasteiger partial charge on any atom is 0.0909 e. The van der Waals surface area contributed by atoms with Crippen molar-refractivity contribution in [3.8, 4) is 0 Å². The zero-order valence-corrected chi connectivity index (χ0v) is 12.2. The Morgan fingerprint density at radius 3 is 2.56 bits per heavy atom. The summed E-state index contributed by atoms with van der Waals surface area (Å²) in [7, 11) is 0. The molecule has 0 bridgehead atoms. The van der Waals surface area contributed by atoms with Gasteiger partial charge < -0.3 is 5.11 Å². The van der Waals surface area contributed by atoms with Gasteiger partial charge in [0.15, 0.2) is 0 Å². The Hall–Kier alpha value is -0.900. The van der Waals surface area contributed by atoms with Crippen molar-refractivity contribution in [1.29, 1.82) is 0 Å². The lowest BCUT2D eigenvalue weighted by Gasteiger charge is -2.24. The van der Waals surface area contributed by atoms with Gasteiger partial charge in [0.1, 0.15) is 0 Å². The zero-order valence-electron chi connectivity index (χ0n) is 9.90. The molecule has 1 aromatic heterocycles. The van der Waals surface area contributed by atoms with Gasteiger partial charge in [-0.3, -0.25) is 4.98 Å². The average molecular weight is 327 g/mol. The van der Waals surface area contributed by atoms with E-state index in [2.05, 4.69) is 20.9 Å².